The molecule has 7 nitrogen and oxygen atoms in total. The summed E-state index contributed by atoms with van der Waals surface area (Å²) in [6.07, 6.45) is 4.26. The van der Waals surface area contributed by atoms with Gasteiger partial charge < -0.3 is 15.0 Å². The van der Waals surface area contributed by atoms with Crippen molar-refractivity contribution in [2.75, 3.05) is 39.4 Å². The molecule has 0 aliphatic carbocycles. The van der Waals surface area contributed by atoms with Crippen LogP contribution in [0.4, 0.5) is 0 Å². The second kappa shape index (κ2) is 13.3. The Balaban J connectivity index is 1.12. The molecule has 2 aliphatic heterocycles. The number of piperidine rings is 1. The molecular weight excluding hydrogens is 508 g/mol. The van der Waals surface area contributed by atoms with Crippen LogP contribution in [0.15, 0.2) is 53.9 Å². The van der Waals surface area contributed by atoms with Crippen LogP contribution in [0.25, 0.3) is 22.4 Å². The van der Waals surface area contributed by atoms with Crippen molar-refractivity contribution in [2.45, 2.75) is 45.7 Å². The first-order valence-electron chi connectivity index (χ1n) is 14.1. The van der Waals surface area contributed by atoms with E-state index in [0.29, 0.717) is 26.2 Å². The van der Waals surface area contributed by atoms with Gasteiger partial charge in [-0.1, -0.05) is 48.5 Å². The first kappa shape index (κ1) is 27.5. The first-order chi connectivity index (χ1) is 19.1. The molecule has 1 unspecified atom stereocenters. The van der Waals surface area contributed by atoms with E-state index in [2.05, 4.69) is 58.7 Å². The van der Waals surface area contributed by atoms with Gasteiger partial charge in [0.2, 0.25) is 11.8 Å². The molecule has 2 aromatic carbocycles. The van der Waals surface area contributed by atoms with Crippen LogP contribution >= 0.6 is 11.3 Å². The van der Waals surface area contributed by atoms with Gasteiger partial charge >= 0.3 is 0 Å². The fourth-order valence-corrected chi connectivity index (χ4v) is 6.11. The number of hydrogen-bond donors (Lipinski definition) is 1. The van der Waals surface area contributed by atoms with Crippen molar-refractivity contribution in [1.29, 1.82) is 0 Å². The predicted octanol–water partition coefficient (Wildman–Crippen LogP) is 4.96. The molecular formula is C31H38N4O3S. The lowest BCUT2D eigenvalue weighted by Gasteiger charge is -2.32. The Morgan fingerprint density at radius 2 is 1.67 bits per heavy atom. The number of likely N-dealkylation sites (tertiary alicyclic amines) is 2. The molecule has 0 saturated carbocycles. The molecule has 2 aliphatic rings. The average molecular weight is 547 g/mol. The Morgan fingerprint density at radius 1 is 0.974 bits per heavy atom. The Labute approximate surface area is 235 Å². The van der Waals surface area contributed by atoms with Crippen LogP contribution in [0.2, 0.25) is 0 Å². The fraction of sp³-hybridized carbons (Fsp3) is 0.452. The van der Waals surface area contributed by atoms with Gasteiger partial charge in [0, 0.05) is 37.2 Å². The van der Waals surface area contributed by atoms with Crippen molar-refractivity contribution in [3.8, 4) is 22.4 Å². The molecule has 1 atom stereocenters. The molecule has 2 amide bonds. The standard InChI is InChI=1S/C31H38N4O3S/c1-2-38-21-30(36)35-17-5-6-27(20-35)31(37)32-18-29-33-28(22-39-29)26-13-11-25(12-14-26)24-9-7-23(8-10-24)19-34-15-3-4-16-34/h7-14,22,27H,2-6,15-21H2,1H3,(H,32,37). The van der Waals surface area contributed by atoms with Gasteiger partial charge in [-0.3, -0.25) is 14.5 Å². The van der Waals surface area contributed by atoms with E-state index in [9.17, 15) is 9.59 Å². The van der Waals surface area contributed by atoms with Gasteiger partial charge in [-0.05, 0) is 62.4 Å². The normalized spacial score (nSPS) is 17.9. The van der Waals surface area contributed by atoms with Crippen LogP contribution in [0, 0.1) is 5.92 Å². The minimum Gasteiger partial charge on any atom is -0.372 e. The summed E-state index contributed by atoms with van der Waals surface area (Å²) in [5, 5.41) is 5.94. The van der Waals surface area contributed by atoms with Crippen molar-refractivity contribution in [3.05, 3.63) is 64.5 Å². The summed E-state index contributed by atoms with van der Waals surface area (Å²) in [4.78, 5) is 34.1. The smallest absolute Gasteiger partial charge is 0.248 e. The third-order valence-corrected chi connectivity index (χ3v) is 8.46. The third-order valence-electron chi connectivity index (χ3n) is 7.61. The zero-order valence-electron chi connectivity index (χ0n) is 22.7. The monoisotopic (exact) mass is 546 g/mol. The second-order valence-corrected chi connectivity index (χ2v) is 11.4. The number of thiazole rings is 1. The Hall–Kier alpha value is -3.07. The van der Waals surface area contributed by atoms with E-state index in [-0.39, 0.29) is 24.3 Å². The number of aromatic nitrogens is 1. The van der Waals surface area contributed by atoms with Crippen molar-refractivity contribution >= 4 is 23.2 Å². The van der Waals surface area contributed by atoms with Gasteiger partial charge in [0.05, 0.1) is 18.2 Å². The maximum Gasteiger partial charge on any atom is 0.248 e. The van der Waals surface area contributed by atoms with Gasteiger partial charge in [0.15, 0.2) is 0 Å². The van der Waals surface area contributed by atoms with E-state index in [1.165, 1.54) is 42.6 Å². The van der Waals surface area contributed by atoms with E-state index in [1.807, 2.05) is 12.3 Å². The average Bonchev–Trinajstić information content (AvgIpc) is 3.68. The zero-order valence-corrected chi connectivity index (χ0v) is 23.5. The van der Waals surface area contributed by atoms with E-state index in [4.69, 9.17) is 9.72 Å². The van der Waals surface area contributed by atoms with E-state index in [1.54, 1.807) is 16.2 Å². The van der Waals surface area contributed by atoms with E-state index >= 15 is 0 Å². The molecule has 2 fully saturated rings. The lowest BCUT2D eigenvalue weighted by molar-refractivity contribution is -0.139. The fourth-order valence-electron chi connectivity index (χ4n) is 5.37. The molecule has 1 aromatic heterocycles. The van der Waals surface area contributed by atoms with Crippen LogP contribution in [0.3, 0.4) is 0 Å². The van der Waals surface area contributed by atoms with E-state index < -0.39 is 0 Å². The largest absolute Gasteiger partial charge is 0.372 e. The van der Waals surface area contributed by atoms with Crippen LogP contribution < -0.4 is 5.32 Å². The Kier molecular flexibility index (Phi) is 9.40. The topological polar surface area (TPSA) is 74.8 Å². The van der Waals surface area contributed by atoms with Gasteiger partial charge in [-0.15, -0.1) is 11.3 Å². The molecule has 1 N–H and O–H groups in total. The lowest BCUT2D eigenvalue weighted by atomic mass is 9.97. The Morgan fingerprint density at radius 3 is 2.38 bits per heavy atom. The molecule has 39 heavy (non-hydrogen) atoms. The molecule has 0 radical (unpaired) electrons. The van der Waals surface area contributed by atoms with Gasteiger partial charge in [-0.25, -0.2) is 4.98 Å². The summed E-state index contributed by atoms with van der Waals surface area (Å²) in [6, 6.07) is 17.4. The second-order valence-electron chi connectivity index (χ2n) is 10.4. The third kappa shape index (κ3) is 7.32. The van der Waals surface area contributed by atoms with Crippen LogP contribution in [0.1, 0.15) is 43.2 Å². The summed E-state index contributed by atoms with van der Waals surface area (Å²) in [5.41, 5.74) is 5.76. The molecule has 3 aromatic rings. The molecule has 206 valence electrons. The van der Waals surface area contributed by atoms with Crippen LogP contribution in [-0.4, -0.2) is 66.0 Å². The highest BCUT2D eigenvalue weighted by Gasteiger charge is 2.28. The number of nitrogens with one attached hydrogen (secondary N) is 1. The SMILES string of the molecule is CCOCC(=O)N1CCCC(C(=O)NCc2nc(-c3ccc(-c4ccc(CN5CCCC5)cc4)cc3)cs2)C1. The summed E-state index contributed by atoms with van der Waals surface area (Å²) >= 11 is 1.55. The maximum atomic E-state index is 12.8. The molecule has 0 spiro atoms. The van der Waals surface area contributed by atoms with Crippen LogP contribution in [0.5, 0.6) is 0 Å². The number of amides is 2. The van der Waals surface area contributed by atoms with Crippen molar-refractivity contribution in [2.24, 2.45) is 5.92 Å². The quantitative estimate of drug-likeness (QED) is 0.389. The number of carbonyl (C=O) groups excluding carboxylic acids is 2. The summed E-state index contributed by atoms with van der Waals surface area (Å²) < 4.78 is 5.24. The minimum atomic E-state index is -0.189. The first-order valence-corrected chi connectivity index (χ1v) is 15.0. The number of hydrogen-bond acceptors (Lipinski definition) is 6. The van der Waals surface area contributed by atoms with Crippen LogP contribution in [-0.2, 0) is 27.4 Å². The zero-order chi connectivity index (χ0) is 27.0. The number of nitrogens with zero attached hydrogens (tertiary/aromatic N) is 3. The molecule has 5 rings (SSSR count). The number of benzene rings is 2. The van der Waals surface area contributed by atoms with Gasteiger partial charge in [0.1, 0.15) is 11.6 Å². The molecule has 2 saturated heterocycles. The minimum absolute atomic E-state index is 0.0172. The summed E-state index contributed by atoms with van der Waals surface area (Å²) in [5.74, 6) is -0.249. The highest BCUT2D eigenvalue weighted by molar-refractivity contribution is 7.09. The van der Waals surface area contributed by atoms with E-state index in [0.717, 1.165) is 35.7 Å². The number of ether oxygens (including phenoxy) is 1. The molecule has 8 heteroatoms. The van der Waals surface area contributed by atoms with Crippen molar-refractivity contribution < 1.29 is 14.3 Å². The number of carbonyl (C=O) groups is 2. The van der Waals surface area contributed by atoms with Crippen molar-refractivity contribution in [3.63, 3.8) is 0 Å². The maximum absolute atomic E-state index is 12.8. The molecule has 3 heterocycles. The summed E-state index contributed by atoms with van der Waals surface area (Å²) in [7, 11) is 0. The number of rotatable bonds is 10. The highest BCUT2D eigenvalue weighted by Crippen LogP contribution is 2.27. The predicted molar refractivity (Wildman–Crippen MR) is 155 cm³/mol. The van der Waals surface area contributed by atoms with Crippen molar-refractivity contribution in [1.82, 2.24) is 20.1 Å². The lowest BCUT2D eigenvalue weighted by Crippen LogP contribution is -2.46. The highest BCUT2D eigenvalue weighted by atomic mass is 32.1. The summed E-state index contributed by atoms with van der Waals surface area (Å²) in [6.45, 7) is 7.47. The Bertz CT molecular complexity index is 1240. The van der Waals surface area contributed by atoms with Gasteiger partial charge in [-0.2, -0.15) is 0 Å². The molecule has 0 bridgehead atoms. The van der Waals surface area contributed by atoms with Gasteiger partial charge in [0.25, 0.3) is 0 Å².